The van der Waals surface area contributed by atoms with Gasteiger partial charge in [-0.25, -0.2) is 8.42 Å². The summed E-state index contributed by atoms with van der Waals surface area (Å²) in [5.41, 5.74) is 0.136. The molecule has 5 nitrogen and oxygen atoms in total. The number of carbonyl (C=O) groups is 1. The molecular formula is C21H24O5S2. The molecule has 0 radical (unpaired) electrons. The van der Waals surface area contributed by atoms with Crippen molar-refractivity contribution in [2.75, 3.05) is 12.4 Å². The lowest BCUT2D eigenvalue weighted by Gasteiger charge is -2.20. The van der Waals surface area contributed by atoms with Gasteiger partial charge < -0.3 is 9.47 Å². The molecule has 1 heterocycles. The van der Waals surface area contributed by atoms with Crippen molar-refractivity contribution in [1.82, 2.24) is 0 Å². The van der Waals surface area contributed by atoms with Crippen LogP contribution in [-0.4, -0.2) is 32.3 Å². The molecule has 0 amide bonds. The van der Waals surface area contributed by atoms with Crippen molar-refractivity contribution in [2.45, 2.75) is 47.8 Å². The van der Waals surface area contributed by atoms with Crippen LogP contribution in [0.15, 0.2) is 58.3 Å². The van der Waals surface area contributed by atoms with Crippen LogP contribution in [-0.2, 0) is 19.4 Å². The lowest BCUT2D eigenvalue weighted by molar-refractivity contribution is -0.155. The van der Waals surface area contributed by atoms with Crippen LogP contribution >= 0.6 is 11.8 Å². The van der Waals surface area contributed by atoms with Gasteiger partial charge >= 0.3 is 5.97 Å². The molecule has 1 atom stereocenters. The van der Waals surface area contributed by atoms with Gasteiger partial charge in [0.05, 0.1) is 28.9 Å². The van der Waals surface area contributed by atoms with E-state index in [1.54, 1.807) is 18.2 Å². The molecule has 0 N–H and O–H groups in total. The minimum absolute atomic E-state index is 0.0360. The Morgan fingerprint density at radius 2 is 1.82 bits per heavy atom. The van der Waals surface area contributed by atoms with E-state index in [0.717, 1.165) is 4.90 Å². The molecule has 0 bridgehead atoms. The van der Waals surface area contributed by atoms with Crippen molar-refractivity contribution in [2.24, 2.45) is 0 Å². The highest BCUT2D eigenvalue weighted by Gasteiger charge is 2.38. The number of hydrogen-bond donors (Lipinski definition) is 0. The molecule has 1 aliphatic rings. The van der Waals surface area contributed by atoms with Crippen molar-refractivity contribution in [3.8, 4) is 5.75 Å². The number of hydrogen-bond acceptors (Lipinski definition) is 6. The third kappa shape index (κ3) is 5.08. The SMILES string of the molecule is CC(C)(C)OC(=O)CCOc1cccc2c1C(Sc1ccccc1)CS2(=O)=O. The predicted octanol–water partition coefficient (Wildman–Crippen LogP) is 4.42. The number of carbonyl (C=O) groups excluding carboxylic acids is 1. The van der Waals surface area contributed by atoms with Crippen LogP contribution in [0.25, 0.3) is 0 Å². The summed E-state index contributed by atoms with van der Waals surface area (Å²) in [5, 5.41) is -0.250. The topological polar surface area (TPSA) is 69.7 Å². The van der Waals surface area contributed by atoms with Crippen molar-refractivity contribution < 1.29 is 22.7 Å². The second-order valence-electron chi connectivity index (χ2n) is 7.55. The summed E-state index contributed by atoms with van der Waals surface area (Å²) in [6.45, 7) is 5.57. The molecule has 2 aromatic rings. The van der Waals surface area contributed by atoms with Crippen molar-refractivity contribution in [3.63, 3.8) is 0 Å². The molecule has 28 heavy (non-hydrogen) atoms. The number of ether oxygens (including phenoxy) is 2. The Bertz CT molecular complexity index is 947. The highest BCUT2D eigenvalue weighted by Crippen LogP contribution is 2.48. The van der Waals surface area contributed by atoms with Crippen LogP contribution < -0.4 is 4.74 Å². The smallest absolute Gasteiger partial charge is 0.309 e. The number of sulfone groups is 1. The van der Waals surface area contributed by atoms with E-state index in [4.69, 9.17) is 9.47 Å². The minimum atomic E-state index is -3.36. The maximum atomic E-state index is 12.6. The zero-order valence-corrected chi connectivity index (χ0v) is 17.8. The number of thioether (sulfide) groups is 1. The number of esters is 1. The normalized spacial score (nSPS) is 17.8. The first-order valence-electron chi connectivity index (χ1n) is 9.08. The third-order valence-electron chi connectivity index (χ3n) is 4.06. The maximum absolute atomic E-state index is 12.6. The van der Waals surface area contributed by atoms with Gasteiger partial charge in [-0.1, -0.05) is 24.3 Å². The summed E-state index contributed by atoms with van der Waals surface area (Å²) in [6, 6.07) is 14.8. The third-order valence-corrected chi connectivity index (χ3v) is 7.30. The van der Waals surface area contributed by atoms with Gasteiger partial charge in [-0.3, -0.25) is 4.79 Å². The number of rotatable bonds is 6. The molecule has 150 valence electrons. The molecule has 0 aliphatic carbocycles. The second kappa shape index (κ2) is 8.17. The van der Waals surface area contributed by atoms with E-state index in [2.05, 4.69) is 0 Å². The predicted molar refractivity (Wildman–Crippen MR) is 109 cm³/mol. The Morgan fingerprint density at radius 1 is 1.11 bits per heavy atom. The summed E-state index contributed by atoms with van der Waals surface area (Å²) >= 11 is 1.51. The monoisotopic (exact) mass is 420 g/mol. The molecule has 1 aliphatic heterocycles. The summed E-state index contributed by atoms with van der Waals surface area (Å²) in [6.07, 6.45) is 0.101. The Hall–Kier alpha value is -1.99. The van der Waals surface area contributed by atoms with Gasteiger partial charge in [0.25, 0.3) is 0 Å². The fraction of sp³-hybridized carbons (Fsp3) is 0.381. The first-order valence-corrected chi connectivity index (χ1v) is 11.6. The van der Waals surface area contributed by atoms with Crippen LogP contribution in [0.4, 0.5) is 0 Å². The lowest BCUT2D eigenvalue weighted by atomic mass is 10.1. The van der Waals surface area contributed by atoms with Crippen LogP contribution in [0.5, 0.6) is 5.75 Å². The van der Waals surface area contributed by atoms with Gasteiger partial charge in [-0.15, -0.1) is 11.8 Å². The zero-order chi connectivity index (χ0) is 20.4. The summed E-state index contributed by atoms with van der Waals surface area (Å²) < 4.78 is 36.3. The maximum Gasteiger partial charge on any atom is 0.309 e. The molecule has 2 aromatic carbocycles. The average Bonchev–Trinajstić information content (AvgIpc) is 2.85. The number of fused-ring (bicyclic) bond motifs is 1. The number of benzene rings is 2. The highest BCUT2D eigenvalue weighted by atomic mass is 32.2. The Balaban J connectivity index is 1.77. The molecule has 3 rings (SSSR count). The van der Waals surface area contributed by atoms with Crippen LogP contribution in [0.1, 0.15) is 38.0 Å². The lowest BCUT2D eigenvalue weighted by Crippen LogP contribution is -2.24. The van der Waals surface area contributed by atoms with Crippen molar-refractivity contribution in [3.05, 3.63) is 54.1 Å². The van der Waals surface area contributed by atoms with E-state index < -0.39 is 15.4 Å². The largest absolute Gasteiger partial charge is 0.493 e. The molecule has 0 spiro atoms. The van der Waals surface area contributed by atoms with E-state index in [1.807, 2.05) is 51.1 Å². The minimum Gasteiger partial charge on any atom is -0.493 e. The Kier molecular flexibility index (Phi) is 6.05. The zero-order valence-electron chi connectivity index (χ0n) is 16.2. The molecule has 0 saturated heterocycles. The highest BCUT2D eigenvalue weighted by molar-refractivity contribution is 8.01. The molecule has 0 fully saturated rings. The van der Waals surface area contributed by atoms with E-state index in [-0.39, 0.29) is 30.0 Å². The molecule has 0 saturated carbocycles. The van der Waals surface area contributed by atoms with Gasteiger partial charge in [0.2, 0.25) is 0 Å². The molecule has 1 unspecified atom stereocenters. The summed E-state index contributed by atoms with van der Waals surface area (Å²) in [7, 11) is -3.36. The van der Waals surface area contributed by atoms with Crippen LogP contribution in [0.3, 0.4) is 0 Å². The van der Waals surface area contributed by atoms with Gasteiger partial charge in [0, 0.05) is 10.5 Å². The summed E-state index contributed by atoms with van der Waals surface area (Å²) in [4.78, 5) is 13.2. The van der Waals surface area contributed by atoms with Gasteiger partial charge in [-0.05, 0) is 45.0 Å². The fourth-order valence-electron chi connectivity index (χ4n) is 3.00. The quantitative estimate of drug-likeness (QED) is 0.645. The Labute approximate surface area is 170 Å². The molecule has 7 heteroatoms. The van der Waals surface area contributed by atoms with Crippen LogP contribution in [0, 0.1) is 0 Å². The van der Waals surface area contributed by atoms with Crippen LogP contribution in [0.2, 0.25) is 0 Å². The average molecular weight is 421 g/mol. The standard InChI is InChI=1S/C21H24O5S2/c1-21(2,3)26-19(22)12-13-25-16-10-7-11-18-20(16)17(14-28(18,23)24)27-15-8-5-4-6-9-15/h4-11,17H,12-14H2,1-3H3. The van der Waals surface area contributed by atoms with Gasteiger partial charge in [-0.2, -0.15) is 0 Å². The first kappa shape index (κ1) is 20.7. The first-order chi connectivity index (χ1) is 13.2. The Morgan fingerprint density at radius 3 is 2.50 bits per heavy atom. The molecular weight excluding hydrogens is 396 g/mol. The van der Waals surface area contributed by atoms with E-state index in [1.165, 1.54) is 11.8 Å². The van der Waals surface area contributed by atoms with Gasteiger partial charge in [0.15, 0.2) is 9.84 Å². The second-order valence-corrected chi connectivity index (χ2v) is 10.8. The van der Waals surface area contributed by atoms with Gasteiger partial charge in [0.1, 0.15) is 11.4 Å². The summed E-state index contributed by atoms with van der Waals surface area (Å²) in [5.74, 6) is 0.201. The van der Waals surface area contributed by atoms with Crippen molar-refractivity contribution >= 4 is 27.6 Å². The van der Waals surface area contributed by atoms with Crippen molar-refractivity contribution in [1.29, 1.82) is 0 Å². The fourth-order valence-corrected chi connectivity index (χ4v) is 6.50. The molecule has 0 aromatic heterocycles. The van der Waals surface area contributed by atoms with E-state index >= 15 is 0 Å². The van der Waals surface area contributed by atoms with E-state index in [0.29, 0.717) is 16.2 Å². The van der Waals surface area contributed by atoms with E-state index in [9.17, 15) is 13.2 Å².